The number of ether oxygens (including phenoxy) is 1. The number of hydrogen-bond donors (Lipinski definition) is 1. The molecule has 0 fully saturated rings. The first-order chi connectivity index (χ1) is 7.80. The molecule has 4 heteroatoms. The van der Waals surface area contributed by atoms with Crippen molar-refractivity contribution in [2.24, 2.45) is 0 Å². The lowest BCUT2D eigenvalue weighted by molar-refractivity contribution is 0.0635. The van der Waals surface area contributed by atoms with Crippen LogP contribution in [0.4, 0.5) is 10.6 Å². The van der Waals surface area contributed by atoms with Gasteiger partial charge in [-0.15, -0.1) is 0 Å². The zero-order chi connectivity index (χ0) is 13.1. The van der Waals surface area contributed by atoms with E-state index in [4.69, 9.17) is 4.74 Å². The van der Waals surface area contributed by atoms with Gasteiger partial charge in [0.2, 0.25) is 0 Å². The molecule has 0 spiro atoms. The standard InChI is InChI=1S/C13H20N2O2/c1-6-10-7-9(2)8-11(14-10)15-12(16)17-13(3,4)5/h7-8H,6H2,1-5H3,(H,14,15,16). The Morgan fingerprint density at radius 2 is 2.06 bits per heavy atom. The van der Waals surface area contributed by atoms with Crippen molar-refractivity contribution < 1.29 is 9.53 Å². The number of hydrogen-bond acceptors (Lipinski definition) is 3. The predicted octanol–water partition coefficient (Wildman–Crippen LogP) is 3.30. The number of carbonyl (C=O) groups excluding carboxylic acids is 1. The summed E-state index contributed by atoms with van der Waals surface area (Å²) in [5.74, 6) is 0.538. The average Bonchev–Trinajstić information content (AvgIpc) is 2.13. The summed E-state index contributed by atoms with van der Waals surface area (Å²) in [6.07, 6.45) is 0.364. The number of aryl methyl sites for hydroxylation is 2. The highest BCUT2D eigenvalue weighted by Crippen LogP contribution is 2.13. The molecule has 1 N–H and O–H groups in total. The normalized spacial score (nSPS) is 11.1. The van der Waals surface area contributed by atoms with Crippen LogP contribution in [-0.2, 0) is 11.2 Å². The molecular formula is C13H20N2O2. The summed E-state index contributed by atoms with van der Waals surface area (Å²) in [6.45, 7) is 9.48. The molecule has 1 amide bonds. The lowest BCUT2D eigenvalue weighted by Gasteiger charge is -2.19. The molecule has 4 nitrogen and oxygen atoms in total. The van der Waals surface area contributed by atoms with Crippen LogP contribution in [-0.4, -0.2) is 16.7 Å². The highest BCUT2D eigenvalue weighted by molar-refractivity contribution is 5.83. The van der Waals surface area contributed by atoms with E-state index < -0.39 is 11.7 Å². The SMILES string of the molecule is CCc1cc(C)cc(NC(=O)OC(C)(C)C)n1. The maximum Gasteiger partial charge on any atom is 0.413 e. The van der Waals surface area contributed by atoms with Crippen molar-refractivity contribution in [1.82, 2.24) is 4.98 Å². The summed E-state index contributed by atoms with van der Waals surface area (Å²) in [4.78, 5) is 15.9. The van der Waals surface area contributed by atoms with E-state index >= 15 is 0 Å². The zero-order valence-electron chi connectivity index (χ0n) is 11.1. The molecule has 94 valence electrons. The van der Waals surface area contributed by atoms with Crippen molar-refractivity contribution in [2.45, 2.75) is 46.6 Å². The zero-order valence-corrected chi connectivity index (χ0v) is 11.1. The number of anilines is 1. The van der Waals surface area contributed by atoms with E-state index in [0.29, 0.717) is 5.82 Å². The summed E-state index contributed by atoms with van der Waals surface area (Å²) < 4.78 is 5.16. The van der Waals surface area contributed by atoms with Gasteiger partial charge in [0.15, 0.2) is 0 Å². The molecule has 0 atom stereocenters. The highest BCUT2D eigenvalue weighted by atomic mass is 16.6. The van der Waals surface area contributed by atoms with Crippen LogP contribution in [0.2, 0.25) is 0 Å². The van der Waals surface area contributed by atoms with E-state index in [0.717, 1.165) is 17.7 Å². The second kappa shape index (κ2) is 5.17. The van der Waals surface area contributed by atoms with Crippen LogP contribution < -0.4 is 5.32 Å². The summed E-state index contributed by atoms with van der Waals surface area (Å²) in [7, 11) is 0. The second-order valence-electron chi connectivity index (χ2n) is 5.00. The van der Waals surface area contributed by atoms with Crippen molar-refractivity contribution in [3.63, 3.8) is 0 Å². The number of aromatic nitrogens is 1. The molecule has 0 aliphatic carbocycles. The lowest BCUT2D eigenvalue weighted by atomic mass is 10.2. The fourth-order valence-electron chi connectivity index (χ4n) is 1.39. The van der Waals surface area contributed by atoms with Gasteiger partial charge in [-0.1, -0.05) is 6.92 Å². The van der Waals surface area contributed by atoms with Gasteiger partial charge in [-0.25, -0.2) is 9.78 Å². The summed E-state index contributed by atoms with van der Waals surface area (Å²) in [5, 5.41) is 2.64. The molecule has 1 aromatic heterocycles. The van der Waals surface area contributed by atoms with Crippen molar-refractivity contribution in [1.29, 1.82) is 0 Å². The minimum absolute atomic E-state index is 0.474. The fraction of sp³-hybridized carbons (Fsp3) is 0.538. The molecule has 0 unspecified atom stereocenters. The van der Waals surface area contributed by atoms with Crippen molar-refractivity contribution in [3.05, 3.63) is 23.4 Å². The van der Waals surface area contributed by atoms with Crippen molar-refractivity contribution in [3.8, 4) is 0 Å². The third-order valence-corrected chi connectivity index (χ3v) is 2.01. The van der Waals surface area contributed by atoms with Gasteiger partial charge >= 0.3 is 6.09 Å². The number of amides is 1. The number of pyridine rings is 1. The summed E-state index contributed by atoms with van der Waals surface area (Å²) in [5.41, 5.74) is 1.53. The number of nitrogens with one attached hydrogen (secondary N) is 1. The number of nitrogens with zero attached hydrogens (tertiary/aromatic N) is 1. The van der Waals surface area contributed by atoms with Crippen LogP contribution in [0.3, 0.4) is 0 Å². The summed E-state index contributed by atoms with van der Waals surface area (Å²) >= 11 is 0. The first-order valence-corrected chi connectivity index (χ1v) is 5.77. The largest absolute Gasteiger partial charge is 0.444 e. The highest BCUT2D eigenvalue weighted by Gasteiger charge is 2.16. The molecule has 0 aliphatic heterocycles. The molecule has 1 aromatic rings. The molecule has 0 aliphatic rings. The Kier molecular flexibility index (Phi) is 4.10. The monoisotopic (exact) mass is 236 g/mol. The maximum absolute atomic E-state index is 11.6. The van der Waals surface area contributed by atoms with Gasteiger partial charge in [0.05, 0.1) is 0 Å². The van der Waals surface area contributed by atoms with Crippen LogP contribution in [0.1, 0.15) is 39.0 Å². The van der Waals surface area contributed by atoms with Gasteiger partial charge in [-0.05, 0) is 51.8 Å². The Morgan fingerprint density at radius 3 is 2.59 bits per heavy atom. The van der Waals surface area contributed by atoms with E-state index in [1.807, 2.05) is 46.8 Å². The lowest BCUT2D eigenvalue weighted by Crippen LogP contribution is -2.27. The van der Waals surface area contributed by atoms with E-state index in [9.17, 15) is 4.79 Å². The Morgan fingerprint density at radius 1 is 1.41 bits per heavy atom. The molecule has 1 rings (SSSR count). The maximum atomic E-state index is 11.6. The number of rotatable bonds is 2. The Hall–Kier alpha value is -1.58. The molecule has 0 saturated heterocycles. The third-order valence-electron chi connectivity index (χ3n) is 2.01. The van der Waals surface area contributed by atoms with E-state index in [-0.39, 0.29) is 0 Å². The van der Waals surface area contributed by atoms with E-state index in [1.165, 1.54) is 0 Å². The number of carbonyl (C=O) groups is 1. The van der Waals surface area contributed by atoms with Gasteiger partial charge in [0, 0.05) is 5.69 Å². The van der Waals surface area contributed by atoms with Crippen LogP contribution in [0.15, 0.2) is 12.1 Å². The Balaban J connectivity index is 2.74. The topological polar surface area (TPSA) is 51.2 Å². The van der Waals surface area contributed by atoms with Gasteiger partial charge < -0.3 is 4.74 Å². The average molecular weight is 236 g/mol. The van der Waals surface area contributed by atoms with Crippen LogP contribution >= 0.6 is 0 Å². The van der Waals surface area contributed by atoms with Crippen LogP contribution in [0, 0.1) is 6.92 Å². The molecule has 0 saturated carbocycles. The van der Waals surface area contributed by atoms with Crippen LogP contribution in [0.5, 0.6) is 0 Å². The van der Waals surface area contributed by atoms with Crippen molar-refractivity contribution in [2.75, 3.05) is 5.32 Å². The molecule has 1 heterocycles. The fourth-order valence-corrected chi connectivity index (χ4v) is 1.39. The first kappa shape index (κ1) is 13.5. The minimum atomic E-state index is -0.499. The smallest absolute Gasteiger partial charge is 0.413 e. The third kappa shape index (κ3) is 4.85. The summed E-state index contributed by atoms with van der Waals surface area (Å²) in [6, 6.07) is 3.82. The van der Waals surface area contributed by atoms with Gasteiger partial charge in [-0.2, -0.15) is 0 Å². The van der Waals surface area contributed by atoms with E-state index in [2.05, 4.69) is 10.3 Å². The second-order valence-corrected chi connectivity index (χ2v) is 5.00. The molecule has 0 bridgehead atoms. The molecular weight excluding hydrogens is 216 g/mol. The van der Waals surface area contributed by atoms with Gasteiger partial charge in [0.1, 0.15) is 11.4 Å². The molecule has 0 aromatic carbocycles. The minimum Gasteiger partial charge on any atom is -0.444 e. The molecule has 17 heavy (non-hydrogen) atoms. The van der Waals surface area contributed by atoms with Gasteiger partial charge in [-0.3, -0.25) is 5.32 Å². The van der Waals surface area contributed by atoms with Crippen LogP contribution in [0.25, 0.3) is 0 Å². The first-order valence-electron chi connectivity index (χ1n) is 5.77. The van der Waals surface area contributed by atoms with Gasteiger partial charge in [0.25, 0.3) is 0 Å². The molecule has 0 radical (unpaired) electrons. The van der Waals surface area contributed by atoms with Crippen molar-refractivity contribution >= 4 is 11.9 Å². The Bertz CT molecular complexity index is 408. The quantitative estimate of drug-likeness (QED) is 0.857. The predicted molar refractivity (Wildman–Crippen MR) is 68.2 cm³/mol. The Labute approximate surface area is 102 Å². The van der Waals surface area contributed by atoms with E-state index in [1.54, 1.807) is 0 Å².